The lowest BCUT2D eigenvalue weighted by molar-refractivity contribution is 0.00592. The summed E-state index contributed by atoms with van der Waals surface area (Å²) in [4.78, 5) is 12.8. The molecule has 0 radical (unpaired) electrons. The number of carbonyl (C=O) groups excluding carboxylic acids is 1. The van der Waals surface area contributed by atoms with E-state index in [9.17, 15) is 13.2 Å². The minimum Gasteiger partial charge on any atom is -0.496 e. The second-order valence-electron chi connectivity index (χ2n) is 7.23. The summed E-state index contributed by atoms with van der Waals surface area (Å²) in [5.41, 5.74) is -0.167. The van der Waals surface area contributed by atoms with Gasteiger partial charge >= 0.3 is 0 Å². The third-order valence-electron chi connectivity index (χ3n) is 5.45. The van der Waals surface area contributed by atoms with Gasteiger partial charge in [-0.2, -0.15) is 4.31 Å². The Hall–Kier alpha value is -1.61. The van der Waals surface area contributed by atoms with E-state index in [1.807, 2.05) is 0 Å². The summed E-state index contributed by atoms with van der Waals surface area (Å²) in [6.45, 7) is 0.546. The summed E-state index contributed by atoms with van der Waals surface area (Å²) in [6.07, 6.45) is 1.10. The van der Waals surface area contributed by atoms with E-state index in [-0.39, 0.29) is 30.2 Å². The predicted octanol–water partition coefficient (Wildman–Crippen LogP) is 4.30. The van der Waals surface area contributed by atoms with Crippen LogP contribution in [-0.2, 0) is 10.0 Å². The molecule has 2 heterocycles. The van der Waals surface area contributed by atoms with Gasteiger partial charge in [-0.3, -0.25) is 4.79 Å². The van der Waals surface area contributed by atoms with Gasteiger partial charge in [0.25, 0.3) is 0 Å². The summed E-state index contributed by atoms with van der Waals surface area (Å²) in [6, 6.07) is 9.68. The maximum Gasteiger partial charge on any atom is 0.243 e. The first-order valence-corrected chi connectivity index (χ1v) is 11.7. The fourth-order valence-corrected chi connectivity index (χ4v) is 6.16. The van der Waals surface area contributed by atoms with Crippen molar-refractivity contribution in [1.82, 2.24) is 4.31 Å². The Morgan fingerprint density at radius 1 is 1.17 bits per heavy atom. The van der Waals surface area contributed by atoms with Crippen molar-refractivity contribution in [3.05, 3.63) is 51.5 Å². The molecular weight excluding hydrogens is 482 g/mol. The fraction of sp³-hybridized carbons (Fsp3) is 0.350. The first-order valence-electron chi connectivity index (χ1n) is 9.10. The number of hydrogen-bond donors (Lipinski definition) is 0. The number of ketones is 1. The molecule has 29 heavy (non-hydrogen) atoms. The number of halogens is 2. The number of benzene rings is 2. The van der Waals surface area contributed by atoms with Crippen LogP contribution in [0.3, 0.4) is 0 Å². The number of fused-ring (bicyclic) bond motifs is 1. The second kappa shape index (κ2) is 7.58. The van der Waals surface area contributed by atoms with Crippen LogP contribution in [0.15, 0.2) is 45.8 Å². The zero-order valence-corrected chi connectivity index (χ0v) is 18.8. The summed E-state index contributed by atoms with van der Waals surface area (Å²) < 4.78 is 39.5. The third kappa shape index (κ3) is 3.79. The lowest BCUT2D eigenvalue weighted by atomic mass is 9.83. The third-order valence-corrected chi connectivity index (χ3v) is 8.20. The molecule has 2 aromatic rings. The van der Waals surface area contributed by atoms with Gasteiger partial charge in [-0.1, -0.05) is 11.6 Å². The number of ether oxygens (including phenoxy) is 2. The standard InChI is InChI=1S/C20H19BrClNO5S/c1-27-18-5-3-14(11-16(18)21)29(25,26)23-8-6-20(7-9-23)12-17(24)15-4-2-13(22)10-19(15)28-20/h2-5,10-11H,6-9,12H2,1H3. The van der Waals surface area contributed by atoms with Gasteiger partial charge in [0.05, 0.1) is 28.5 Å². The van der Waals surface area contributed by atoms with Crippen LogP contribution in [0.2, 0.25) is 5.02 Å². The Kier molecular flexibility index (Phi) is 5.40. The van der Waals surface area contributed by atoms with Gasteiger partial charge in [0, 0.05) is 31.0 Å². The lowest BCUT2D eigenvalue weighted by Gasteiger charge is -2.43. The molecule has 4 rings (SSSR count). The molecule has 1 fully saturated rings. The Labute approximate surface area is 182 Å². The van der Waals surface area contributed by atoms with E-state index in [4.69, 9.17) is 21.1 Å². The highest BCUT2D eigenvalue weighted by molar-refractivity contribution is 9.10. The number of methoxy groups -OCH3 is 1. The zero-order valence-electron chi connectivity index (χ0n) is 15.7. The van der Waals surface area contributed by atoms with E-state index in [2.05, 4.69) is 15.9 Å². The molecule has 0 saturated carbocycles. The first kappa shape index (κ1) is 20.7. The van der Waals surface area contributed by atoms with E-state index in [0.717, 1.165) is 0 Å². The van der Waals surface area contributed by atoms with Crippen molar-refractivity contribution in [3.63, 3.8) is 0 Å². The van der Waals surface area contributed by atoms with Gasteiger partial charge in [0.1, 0.15) is 17.1 Å². The Morgan fingerprint density at radius 2 is 1.90 bits per heavy atom. The van der Waals surface area contributed by atoms with Gasteiger partial charge < -0.3 is 9.47 Å². The molecule has 9 heteroatoms. The summed E-state index contributed by atoms with van der Waals surface area (Å²) >= 11 is 9.38. The Bertz CT molecular complexity index is 1080. The SMILES string of the molecule is COc1ccc(S(=O)(=O)N2CCC3(CC2)CC(=O)c2ccc(Cl)cc2O3)cc1Br. The topological polar surface area (TPSA) is 72.9 Å². The van der Waals surface area contributed by atoms with Crippen LogP contribution >= 0.6 is 27.5 Å². The lowest BCUT2D eigenvalue weighted by Crippen LogP contribution is -2.52. The molecule has 0 bridgehead atoms. The average Bonchev–Trinajstić information content (AvgIpc) is 2.67. The molecular formula is C20H19BrClNO5S. The largest absolute Gasteiger partial charge is 0.496 e. The van der Waals surface area contributed by atoms with E-state index in [1.54, 1.807) is 24.3 Å². The van der Waals surface area contributed by atoms with E-state index in [1.165, 1.54) is 23.5 Å². The van der Waals surface area contributed by atoms with Crippen LogP contribution in [0.4, 0.5) is 0 Å². The van der Waals surface area contributed by atoms with Crippen LogP contribution in [-0.4, -0.2) is 44.3 Å². The van der Waals surface area contributed by atoms with Gasteiger partial charge in [-0.25, -0.2) is 8.42 Å². The number of Topliss-reactive ketones (excluding diaryl/α,β-unsaturated/α-hetero) is 1. The molecule has 6 nitrogen and oxygen atoms in total. The van der Waals surface area contributed by atoms with Crippen molar-refractivity contribution in [2.24, 2.45) is 0 Å². The molecule has 1 spiro atoms. The number of carbonyl (C=O) groups is 1. The predicted molar refractivity (Wildman–Crippen MR) is 112 cm³/mol. The van der Waals surface area contributed by atoms with Crippen LogP contribution in [0, 0.1) is 0 Å². The molecule has 0 aliphatic carbocycles. The summed E-state index contributed by atoms with van der Waals surface area (Å²) in [5, 5.41) is 0.499. The van der Waals surface area contributed by atoms with Crippen molar-refractivity contribution < 1.29 is 22.7 Å². The zero-order chi connectivity index (χ0) is 20.8. The van der Waals surface area contributed by atoms with Crippen LogP contribution in [0.5, 0.6) is 11.5 Å². The van der Waals surface area contributed by atoms with Crippen LogP contribution in [0.1, 0.15) is 29.6 Å². The van der Waals surface area contributed by atoms with Gasteiger partial charge in [-0.15, -0.1) is 0 Å². The smallest absolute Gasteiger partial charge is 0.243 e. The maximum absolute atomic E-state index is 13.1. The highest BCUT2D eigenvalue weighted by Gasteiger charge is 2.45. The normalized spacial score (nSPS) is 18.9. The average molecular weight is 501 g/mol. The second-order valence-corrected chi connectivity index (χ2v) is 10.5. The monoisotopic (exact) mass is 499 g/mol. The van der Waals surface area contributed by atoms with Gasteiger partial charge in [-0.05, 0) is 52.3 Å². The molecule has 1 saturated heterocycles. The number of rotatable bonds is 3. The number of piperidine rings is 1. The number of hydrogen-bond acceptors (Lipinski definition) is 5. The number of sulfonamides is 1. The van der Waals surface area contributed by atoms with Crippen molar-refractivity contribution in [2.75, 3.05) is 20.2 Å². The molecule has 0 unspecified atom stereocenters. The molecule has 0 N–H and O–H groups in total. The molecule has 154 valence electrons. The molecule has 0 amide bonds. The number of nitrogens with zero attached hydrogens (tertiary/aromatic N) is 1. The first-order chi connectivity index (χ1) is 13.7. The molecule has 2 aromatic carbocycles. The minimum atomic E-state index is -3.66. The molecule has 0 aromatic heterocycles. The highest BCUT2D eigenvalue weighted by Crippen LogP contribution is 2.41. The summed E-state index contributed by atoms with van der Waals surface area (Å²) in [5.74, 6) is 1.04. The van der Waals surface area contributed by atoms with E-state index in [0.29, 0.717) is 39.4 Å². The Balaban J connectivity index is 1.53. The van der Waals surface area contributed by atoms with Crippen LogP contribution < -0.4 is 9.47 Å². The van der Waals surface area contributed by atoms with Gasteiger partial charge in [0.15, 0.2) is 5.78 Å². The minimum absolute atomic E-state index is 0.00157. The van der Waals surface area contributed by atoms with Crippen molar-refractivity contribution in [3.8, 4) is 11.5 Å². The van der Waals surface area contributed by atoms with Crippen LogP contribution in [0.25, 0.3) is 0 Å². The molecule has 2 aliphatic rings. The van der Waals surface area contributed by atoms with Crippen molar-refractivity contribution >= 4 is 43.3 Å². The quantitative estimate of drug-likeness (QED) is 0.628. The highest BCUT2D eigenvalue weighted by atomic mass is 79.9. The van der Waals surface area contributed by atoms with E-state index >= 15 is 0 Å². The van der Waals surface area contributed by atoms with E-state index < -0.39 is 15.6 Å². The fourth-order valence-electron chi connectivity index (χ4n) is 3.84. The van der Waals surface area contributed by atoms with Crippen molar-refractivity contribution in [1.29, 1.82) is 0 Å². The molecule has 0 atom stereocenters. The Morgan fingerprint density at radius 3 is 2.55 bits per heavy atom. The molecule has 2 aliphatic heterocycles. The maximum atomic E-state index is 13.1. The summed E-state index contributed by atoms with van der Waals surface area (Å²) in [7, 11) is -2.14. The van der Waals surface area contributed by atoms with Crippen molar-refractivity contribution in [2.45, 2.75) is 29.8 Å². The van der Waals surface area contributed by atoms with Gasteiger partial charge in [0.2, 0.25) is 10.0 Å².